The van der Waals surface area contributed by atoms with Crippen molar-refractivity contribution in [2.24, 2.45) is 11.3 Å². The Hall–Kier alpha value is -3.41. The van der Waals surface area contributed by atoms with Gasteiger partial charge in [-0.2, -0.15) is 0 Å². The third-order valence-electron chi connectivity index (χ3n) is 7.26. The molecule has 2 amide bonds. The molecule has 3 aromatic rings. The van der Waals surface area contributed by atoms with Crippen molar-refractivity contribution in [3.8, 4) is 11.1 Å². The monoisotopic (exact) mass is 442 g/mol. The SMILES string of the molecule is O=C(NCCn1ccnc1)[C@H]1CC12CCN(C(=O)Cc1ccc(-c3ccccc3)cc1)CC2. The zero-order valence-electron chi connectivity index (χ0n) is 18.8. The molecule has 0 radical (unpaired) electrons. The molecule has 2 aromatic carbocycles. The highest BCUT2D eigenvalue weighted by atomic mass is 16.2. The molecule has 2 heterocycles. The molecule has 2 fully saturated rings. The van der Waals surface area contributed by atoms with Crippen LogP contribution in [0.5, 0.6) is 0 Å². The van der Waals surface area contributed by atoms with E-state index in [2.05, 4.69) is 46.7 Å². The summed E-state index contributed by atoms with van der Waals surface area (Å²) in [6.07, 6.45) is 8.63. The van der Waals surface area contributed by atoms with Gasteiger partial charge >= 0.3 is 0 Å². The Morgan fingerprint density at radius 3 is 2.42 bits per heavy atom. The molecule has 1 aliphatic carbocycles. The molecular formula is C27H30N4O2. The maximum Gasteiger partial charge on any atom is 0.226 e. The molecule has 1 N–H and O–H groups in total. The molecule has 5 rings (SSSR count). The molecule has 170 valence electrons. The number of rotatable bonds is 7. The first kappa shape index (κ1) is 21.4. The molecule has 33 heavy (non-hydrogen) atoms. The van der Waals surface area contributed by atoms with Crippen LogP contribution in [-0.2, 0) is 22.6 Å². The van der Waals surface area contributed by atoms with Crippen LogP contribution < -0.4 is 5.32 Å². The van der Waals surface area contributed by atoms with Crippen molar-refractivity contribution in [2.75, 3.05) is 19.6 Å². The van der Waals surface area contributed by atoms with Crippen LogP contribution in [-0.4, -0.2) is 45.9 Å². The van der Waals surface area contributed by atoms with E-state index < -0.39 is 0 Å². The highest BCUT2D eigenvalue weighted by molar-refractivity contribution is 5.83. The van der Waals surface area contributed by atoms with E-state index in [1.165, 1.54) is 5.56 Å². The summed E-state index contributed by atoms with van der Waals surface area (Å²) in [7, 11) is 0. The summed E-state index contributed by atoms with van der Waals surface area (Å²) < 4.78 is 1.96. The van der Waals surface area contributed by atoms with Crippen molar-refractivity contribution in [2.45, 2.75) is 32.2 Å². The van der Waals surface area contributed by atoms with E-state index in [9.17, 15) is 9.59 Å². The maximum atomic E-state index is 12.9. The number of likely N-dealkylation sites (tertiary alicyclic amines) is 1. The van der Waals surface area contributed by atoms with Gasteiger partial charge in [-0.15, -0.1) is 0 Å². The van der Waals surface area contributed by atoms with Gasteiger partial charge in [-0.1, -0.05) is 54.6 Å². The van der Waals surface area contributed by atoms with Crippen molar-refractivity contribution in [3.05, 3.63) is 78.9 Å². The summed E-state index contributed by atoms with van der Waals surface area (Å²) in [5, 5.41) is 3.07. The zero-order valence-corrected chi connectivity index (χ0v) is 18.8. The molecule has 1 aliphatic heterocycles. The Kier molecular flexibility index (Phi) is 5.99. The van der Waals surface area contributed by atoms with Gasteiger partial charge in [-0.3, -0.25) is 9.59 Å². The lowest BCUT2D eigenvalue weighted by Crippen LogP contribution is -2.41. The fraction of sp³-hybridized carbons (Fsp3) is 0.370. The number of piperidine rings is 1. The second kappa shape index (κ2) is 9.22. The fourth-order valence-corrected chi connectivity index (χ4v) is 5.05. The molecule has 0 unspecified atom stereocenters. The van der Waals surface area contributed by atoms with Crippen LogP contribution in [0.3, 0.4) is 0 Å². The first-order valence-electron chi connectivity index (χ1n) is 11.8. The topological polar surface area (TPSA) is 67.2 Å². The van der Waals surface area contributed by atoms with Gasteiger partial charge in [-0.05, 0) is 41.4 Å². The van der Waals surface area contributed by atoms with Crippen LogP contribution in [0.1, 0.15) is 24.8 Å². The fourth-order valence-electron chi connectivity index (χ4n) is 5.05. The number of amides is 2. The Bertz CT molecular complexity index is 1080. The van der Waals surface area contributed by atoms with Crippen molar-refractivity contribution in [1.82, 2.24) is 19.8 Å². The van der Waals surface area contributed by atoms with E-state index in [4.69, 9.17) is 0 Å². The molecule has 6 heteroatoms. The smallest absolute Gasteiger partial charge is 0.226 e. The van der Waals surface area contributed by atoms with E-state index in [1.54, 1.807) is 12.5 Å². The standard InChI is InChI=1S/C27H30N4O2/c32-25(18-21-6-8-23(9-7-21)22-4-2-1-3-5-22)31-14-10-27(11-15-31)19-24(27)26(33)29-13-17-30-16-12-28-20-30/h1-9,12,16,20,24H,10-11,13-15,17-19H2,(H,29,33)/t24-/m1/s1. The van der Waals surface area contributed by atoms with Gasteiger partial charge in [0.25, 0.3) is 0 Å². The quantitative estimate of drug-likeness (QED) is 0.609. The normalized spacial score (nSPS) is 18.8. The highest BCUT2D eigenvalue weighted by Gasteiger charge is 2.58. The van der Waals surface area contributed by atoms with Crippen LogP contribution in [0.25, 0.3) is 11.1 Å². The predicted octanol–water partition coefficient (Wildman–Crippen LogP) is 3.54. The third kappa shape index (κ3) is 4.85. The highest BCUT2D eigenvalue weighted by Crippen LogP contribution is 2.59. The number of benzene rings is 2. The third-order valence-corrected chi connectivity index (χ3v) is 7.26. The number of aromatic nitrogens is 2. The van der Waals surface area contributed by atoms with Gasteiger partial charge in [0.05, 0.1) is 12.7 Å². The first-order valence-corrected chi connectivity index (χ1v) is 11.8. The minimum absolute atomic E-state index is 0.100. The van der Waals surface area contributed by atoms with E-state index in [0.717, 1.165) is 50.0 Å². The number of nitrogens with one attached hydrogen (secondary N) is 1. The molecule has 1 atom stereocenters. The molecule has 6 nitrogen and oxygen atoms in total. The number of hydrogen-bond acceptors (Lipinski definition) is 3. The van der Waals surface area contributed by atoms with E-state index in [-0.39, 0.29) is 23.1 Å². The number of nitrogens with zero attached hydrogens (tertiary/aromatic N) is 3. The van der Waals surface area contributed by atoms with Crippen molar-refractivity contribution >= 4 is 11.8 Å². The van der Waals surface area contributed by atoms with Crippen LogP contribution in [0, 0.1) is 11.3 Å². The average Bonchev–Trinajstić information content (AvgIpc) is 3.28. The average molecular weight is 443 g/mol. The molecule has 1 spiro atoms. The lowest BCUT2D eigenvalue weighted by Gasteiger charge is -2.33. The van der Waals surface area contributed by atoms with Crippen molar-refractivity contribution in [3.63, 3.8) is 0 Å². The van der Waals surface area contributed by atoms with E-state index >= 15 is 0 Å². The summed E-state index contributed by atoms with van der Waals surface area (Å²) in [5.41, 5.74) is 3.49. The summed E-state index contributed by atoms with van der Waals surface area (Å²) >= 11 is 0. The molecule has 0 bridgehead atoms. The second-order valence-corrected chi connectivity index (χ2v) is 9.33. The minimum atomic E-state index is 0.100. The Labute approximate surface area is 194 Å². The van der Waals surface area contributed by atoms with Crippen molar-refractivity contribution in [1.29, 1.82) is 0 Å². The summed E-state index contributed by atoms with van der Waals surface area (Å²) in [6, 6.07) is 18.5. The van der Waals surface area contributed by atoms with Gasteiger partial charge in [0, 0.05) is 44.5 Å². The molecule has 1 saturated heterocycles. The van der Waals surface area contributed by atoms with Gasteiger partial charge in [-0.25, -0.2) is 4.98 Å². The minimum Gasteiger partial charge on any atom is -0.354 e. The van der Waals surface area contributed by atoms with Crippen LogP contribution in [0.2, 0.25) is 0 Å². The molecular weight excluding hydrogens is 412 g/mol. The van der Waals surface area contributed by atoms with Gasteiger partial charge in [0.15, 0.2) is 0 Å². The number of carbonyl (C=O) groups excluding carboxylic acids is 2. The Balaban J connectivity index is 1.07. The molecule has 1 aromatic heterocycles. The first-order chi connectivity index (χ1) is 16.1. The molecule has 1 saturated carbocycles. The second-order valence-electron chi connectivity index (χ2n) is 9.33. The number of imidazole rings is 1. The van der Waals surface area contributed by atoms with Crippen LogP contribution in [0.15, 0.2) is 73.3 Å². The van der Waals surface area contributed by atoms with Crippen LogP contribution >= 0.6 is 0 Å². The Morgan fingerprint density at radius 2 is 1.73 bits per heavy atom. The predicted molar refractivity (Wildman–Crippen MR) is 127 cm³/mol. The summed E-state index contributed by atoms with van der Waals surface area (Å²) in [6.45, 7) is 2.86. The maximum absolute atomic E-state index is 12.9. The van der Waals surface area contributed by atoms with E-state index in [1.807, 2.05) is 33.9 Å². The van der Waals surface area contributed by atoms with Crippen LogP contribution in [0.4, 0.5) is 0 Å². The molecule has 2 aliphatic rings. The van der Waals surface area contributed by atoms with Gasteiger partial charge in [0.1, 0.15) is 0 Å². The lowest BCUT2D eigenvalue weighted by molar-refractivity contribution is -0.132. The van der Waals surface area contributed by atoms with Crippen molar-refractivity contribution < 1.29 is 9.59 Å². The van der Waals surface area contributed by atoms with Gasteiger partial charge in [0.2, 0.25) is 11.8 Å². The number of carbonyl (C=O) groups is 2. The largest absolute Gasteiger partial charge is 0.354 e. The van der Waals surface area contributed by atoms with Gasteiger partial charge < -0.3 is 14.8 Å². The van der Waals surface area contributed by atoms with E-state index in [0.29, 0.717) is 13.0 Å². The lowest BCUT2D eigenvalue weighted by atomic mass is 9.90. The number of hydrogen-bond donors (Lipinski definition) is 1. The summed E-state index contributed by atoms with van der Waals surface area (Å²) in [4.78, 5) is 31.4. The zero-order chi connectivity index (χ0) is 22.7. The summed E-state index contributed by atoms with van der Waals surface area (Å²) in [5.74, 6) is 0.441. The Morgan fingerprint density at radius 1 is 1.00 bits per heavy atom.